The number of halogens is 1. The molecule has 0 saturated heterocycles. The first-order valence-electron chi connectivity index (χ1n) is 7.73. The van der Waals surface area contributed by atoms with Crippen LogP contribution >= 0.6 is 0 Å². The van der Waals surface area contributed by atoms with Crippen LogP contribution in [0.25, 0.3) is 0 Å². The summed E-state index contributed by atoms with van der Waals surface area (Å²) in [6.07, 6.45) is 0.778. The lowest BCUT2D eigenvalue weighted by Gasteiger charge is -2.17. The number of hydrogen-bond acceptors (Lipinski definition) is 3. The fraction of sp³-hybridized carbons (Fsp3) is 0.316. The Hall–Kier alpha value is -2.36. The van der Waals surface area contributed by atoms with Gasteiger partial charge in [-0.2, -0.15) is 0 Å². The number of carbonyl (C=O) groups is 1. The summed E-state index contributed by atoms with van der Waals surface area (Å²) >= 11 is 0. The van der Waals surface area contributed by atoms with Gasteiger partial charge in [0.15, 0.2) is 0 Å². The first kappa shape index (κ1) is 15.5. The first-order valence-corrected chi connectivity index (χ1v) is 7.73. The summed E-state index contributed by atoms with van der Waals surface area (Å²) in [4.78, 5) is 14.2. The lowest BCUT2D eigenvalue weighted by atomic mass is 10.1. The van der Waals surface area contributed by atoms with Gasteiger partial charge in [-0.15, -0.1) is 0 Å². The number of para-hydroxylation sites is 1. The van der Waals surface area contributed by atoms with Crippen LogP contribution in [0, 0.1) is 11.7 Å². The average molecular weight is 313 g/mol. The van der Waals surface area contributed by atoms with Crippen molar-refractivity contribution in [2.75, 3.05) is 19.0 Å². The van der Waals surface area contributed by atoms with Crippen molar-refractivity contribution in [3.8, 4) is 0 Å². The van der Waals surface area contributed by atoms with Crippen molar-refractivity contribution in [2.45, 2.75) is 18.9 Å². The zero-order chi connectivity index (χ0) is 16.4. The second kappa shape index (κ2) is 6.41. The molecule has 23 heavy (non-hydrogen) atoms. The van der Waals surface area contributed by atoms with Crippen molar-refractivity contribution < 1.29 is 13.9 Å². The molecule has 2 atom stereocenters. The van der Waals surface area contributed by atoms with E-state index in [4.69, 9.17) is 4.74 Å². The lowest BCUT2D eigenvalue weighted by molar-refractivity contribution is -0.146. The van der Waals surface area contributed by atoms with Crippen LogP contribution in [0.2, 0.25) is 0 Å². The molecule has 2 aromatic rings. The molecule has 0 radical (unpaired) electrons. The Morgan fingerprint density at radius 3 is 2.57 bits per heavy atom. The second-order valence-electron chi connectivity index (χ2n) is 6.13. The summed E-state index contributed by atoms with van der Waals surface area (Å²) in [5.74, 6) is -0.374. The summed E-state index contributed by atoms with van der Waals surface area (Å²) in [5.41, 5.74) is 3.04. The molecule has 0 spiro atoms. The number of anilines is 1. The minimum atomic E-state index is -0.256. The SMILES string of the molecule is CN(C)c1ccccc1COC(=O)[C@@H]1C[C@@H]1c1ccc(F)cc1. The highest BCUT2D eigenvalue weighted by Crippen LogP contribution is 2.48. The number of rotatable bonds is 5. The Bertz CT molecular complexity index is 697. The van der Waals surface area contributed by atoms with Gasteiger partial charge in [-0.25, -0.2) is 4.39 Å². The molecule has 1 aliphatic carbocycles. The third kappa shape index (κ3) is 3.52. The number of benzene rings is 2. The molecule has 0 aliphatic heterocycles. The van der Waals surface area contributed by atoms with Gasteiger partial charge in [0.1, 0.15) is 12.4 Å². The summed E-state index contributed by atoms with van der Waals surface area (Å²) in [6.45, 7) is 0.278. The molecule has 4 heteroatoms. The van der Waals surface area contributed by atoms with Crippen LogP contribution in [0.1, 0.15) is 23.5 Å². The van der Waals surface area contributed by atoms with Crippen LogP contribution in [0.5, 0.6) is 0 Å². The summed E-state index contributed by atoms with van der Waals surface area (Å²) < 4.78 is 18.4. The second-order valence-corrected chi connectivity index (χ2v) is 6.13. The molecule has 1 aliphatic rings. The predicted octanol–water partition coefficient (Wildman–Crippen LogP) is 3.74. The number of ether oxygens (including phenoxy) is 1. The first-order chi connectivity index (χ1) is 11.1. The van der Waals surface area contributed by atoms with E-state index in [1.807, 2.05) is 43.3 Å². The number of carbonyl (C=O) groups excluding carboxylic acids is 1. The Morgan fingerprint density at radius 2 is 1.87 bits per heavy atom. The molecule has 0 N–H and O–H groups in total. The molecule has 3 rings (SSSR count). The van der Waals surface area contributed by atoms with Crippen LogP contribution in [0.4, 0.5) is 10.1 Å². The molecule has 120 valence electrons. The fourth-order valence-corrected chi connectivity index (χ4v) is 2.86. The summed E-state index contributed by atoms with van der Waals surface area (Å²) in [5, 5.41) is 0. The van der Waals surface area contributed by atoms with Crippen molar-refractivity contribution in [1.29, 1.82) is 0 Å². The van der Waals surface area contributed by atoms with E-state index in [0.717, 1.165) is 23.2 Å². The van der Waals surface area contributed by atoms with Gasteiger partial charge in [-0.1, -0.05) is 30.3 Å². The smallest absolute Gasteiger partial charge is 0.309 e. The van der Waals surface area contributed by atoms with Crippen LogP contribution in [0.3, 0.4) is 0 Å². The van der Waals surface area contributed by atoms with Crippen LogP contribution < -0.4 is 4.90 Å². The van der Waals surface area contributed by atoms with Gasteiger partial charge in [0.05, 0.1) is 5.92 Å². The van der Waals surface area contributed by atoms with Gasteiger partial charge in [0, 0.05) is 25.3 Å². The summed E-state index contributed by atoms with van der Waals surface area (Å²) in [6, 6.07) is 14.2. The van der Waals surface area contributed by atoms with Gasteiger partial charge in [-0.3, -0.25) is 4.79 Å². The van der Waals surface area contributed by atoms with E-state index in [1.54, 1.807) is 12.1 Å². The molecule has 1 fully saturated rings. The fourth-order valence-electron chi connectivity index (χ4n) is 2.86. The average Bonchev–Trinajstić information content (AvgIpc) is 3.34. The van der Waals surface area contributed by atoms with Crippen molar-refractivity contribution in [1.82, 2.24) is 0 Å². The number of hydrogen-bond donors (Lipinski definition) is 0. The topological polar surface area (TPSA) is 29.5 Å². The van der Waals surface area contributed by atoms with E-state index < -0.39 is 0 Å². The maximum atomic E-state index is 12.9. The molecule has 3 nitrogen and oxygen atoms in total. The van der Waals surface area contributed by atoms with Crippen molar-refractivity contribution in [3.05, 3.63) is 65.5 Å². The maximum Gasteiger partial charge on any atom is 0.309 e. The third-order valence-corrected chi connectivity index (χ3v) is 4.23. The Balaban J connectivity index is 1.58. The predicted molar refractivity (Wildman–Crippen MR) is 87.8 cm³/mol. The molecule has 0 amide bonds. The van der Waals surface area contributed by atoms with Crippen molar-refractivity contribution in [3.63, 3.8) is 0 Å². The van der Waals surface area contributed by atoms with E-state index in [0.29, 0.717) is 0 Å². The van der Waals surface area contributed by atoms with E-state index >= 15 is 0 Å². The molecule has 0 bridgehead atoms. The van der Waals surface area contributed by atoms with E-state index in [2.05, 4.69) is 0 Å². The molecule has 1 saturated carbocycles. The summed E-state index contributed by atoms with van der Waals surface area (Å²) in [7, 11) is 3.93. The molecule has 0 aromatic heterocycles. The highest BCUT2D eigenvalue weighted by molar-refractivity contribution is 5.77. The standard InChI is InChI=1S/C19H20FNO2/c1-21(2)18-6-4-3-5-14(18)12-23-19(22)17-11-16(17)13-7-9-15(20)10-8-13/h3-10,16-17H,11-12H2,1-2H3/t16-,17-/m1/s1. The quantitative estimate of drug-likeness (QED) is 0.788. The van der Waals surface area contributed by atoms with Gasteiger partial charge in [-0.05, 0) is 36.1 Å². The van der Waals surface area contributed by atoms with Gasteiger partial charge >= 0.3 is 5.97 Å². The zero-order valence-corrected chi connectivity index (χ0v) is 13.3. The van der Waals surface area contributed by atoms with Crippen molar-refractivity contribution >= 4 is 11.7 Å². The van der Waals surface area contributed by atoms with E-state index in [9.17, 15) is 9.18 Å². The van der Waals surface area contributed by atoms with Crippen molar-refractivity contribution in [2.24, 2.45) is 5.92 Å². The van der Waals surface area contributed by atoms with Crippen LogP contribution in [-0.4, -0.2) is 20.1 Å². The molecular weight excluding hydrogens is 293 g/mol. The Kier molecular flexibility index (Phi) is 4.33. The lowest BCUT2D eigenvalue weighted by Crippen LogP contribution is -2.13. The van der Waals surface area contributed by atoms with Gasteiger partial charge in [0.2, 0.25) is 0 Å². The highest BCUT2D eigenvalue weighted by atomic mass is 19.1. The Morgan fingerprint density at radius 1 is 1.17 bits per heavy atom. The molecule has 0 unspecified atom stereocenters. The molecule has 0 heterocycles. The molecule has 2 aromatic carbocycles. The van der Waals surface area contributed by atoms with E-state index in [1.165, 1.54) is 12.1 Å². The normalized spacial score (nSPS) is 19.3. The molecular formula is C19H20FNO2. The Labute approximate surface area is 135 Å². The monoisotopic (exact) mass is 313 g/mol. The minimum Gasteiger partial charge on any atom is -0.460 e. The highest BCUT2D eigenvalue weighted by Gasteiger charge is 2.45. The van der Waals surface area contributed by atoms with Gasteiger partial charge in [0.25, 0.3) is 0 Å². The van der Waals surface area contributed by atoms with E-state index in [-0.39, 0.29) is 30.2 Å². The van der Waals surface area contributed by atoms with Crippen LogP contribution in [0.15, 0.2) is 48.5 Å². The van der Waals surface area contributed by atoms with Crippen LogP contribution in [-0.2, 0) is 16.1 Å². The minimum absolute atomic E-state index is 0.105. The number of nitrogens with zero attached hydrogens (tertiary/aromatic N) is 1. The number of esters is 1. The van der Waals surface area contributed by atoms with Gasteiger partial charge < -0.3 is 9.64 Å². The largest absolute Gasteiger partial charge is 0.460 e. The zero-order valence-electron chi connectivity index (χ0n) is 13.3. The third-order valence-electron chi connectivity index (χ3n) is 4.23. The maximum absolute atomic E-state index is 12.9.